The monoisotopic (exact) mass is 406 g/mol. The van der Waals surface area contributed by atoms with Crippen molar-refractivity contribution in [1.29, 1.82) is 0 Å². The molecule has 0 bridgehead atoms. The van der Waals surface area contributed by atoms with Crippen LogP contribution in [-0.2, 0) is 6.42 Å². The van der Waals surface area contributed by atoms with Crippen LogP contribution in [-0.4, -0.2) is 41.6 Å². The lowest BCUT2D eigenvalue weighted by Crippen LogP contribution is -2.29. The summed E-state index contributed by atoms with van der Waals surface area (Å²) < 4.78 is 15.4. The van der Waals surface area contributed by atoms with Gasteiger partial charge in [0.2, 0.25) is 5.95 Å². The Bertz CT molecular complexity index is 1180. The SMILES string of the molecule is CCc1nccn2c(-c3ccnc(NCC(C)(C)O)n3)c(-c3ccc(F)cc3)nc12. The van der Waals surface area contributed by atoms with Crippen LogP contribution in [0.15, 0.2) is 48.9 Å². The lowest BCUT2D eigenvalue weighted by atomic mass is 10.1. The molecule has 4 aromatic rings. The topological polar surface area (TPSA) is 88.2 Å². The molecule has 0 aliphatic heterocycles. The zero-order valence-corrected chi connectivity index (χ0v) is 17.1. The van der Waals surface area contributed by atoms with Gasteiger partial charge in [0, 0.05) is 30.7 Å². The van der Waals surface area contributed by atoms with Crippen molar-refractivity contribution in [1.82, 2.24) is 24.3 Å². The van der Waals surface area contributed by atoms with E-state index in [0.717, 1.165) is 29.0 Å². The minimum absolute atomic E-state index is 0.304. The average molecular weight is 406 g/mol. The molecule has 0 radical (unpaired) electrons. The lowest BCUT2D eigenvalue weighted by Gasteiger charge is -2.17. The average Bonchev–Trinajstić information content (AvgIpc) is 3.12. The summed E-state index contributed by atoms with van der Waals surface area (Å²) in [4.78, 5) is 18.2. The van der Waals surface area contributed by atoms with Crippen molar-refractivity contribution in [2.75, 3.05) is 11.9 Å². The molecule has 4 rings (SSSR count). The van der Waals surface area contributed by atoms with Gasteiger partial charge in [-0.2, -0.15) is 0 Å². The second-order valence-electron chi connectivity index (χ2n) is 7.67. The van der Waals surface area contributed by atoms with E-state index in [0.29, 0.717) is 23.9 Å². The maximum Gasteiger partial charge on any atom is 0.223 e. The molecule has 30 heavy (non-hydrogen) atoms. The van der Waals surface area contributed by atoms with E-state index in [2.05, 4.69) is 20.3 Å². The number of aryl methyl sites for hydroxylation is 1. The van der Waals surface area contributed by atoms with Crippen LogP contribution in [0.5, 0.6) is 0 Å². The van der Waals surface area contributed by atoms with E-state index < -0.39 is 5.60 Å². The van der Waals surface area contributed by atoms with Gasteiger partial charge in [0.15, 0.2) is 5.65 Å². The number of benzene rings is 1. The molecule has 0 saturated carbocycles. The molecule has 0 fully saturated rings. The van der Waals surface area contributed by atoms with Gasteiger partial charge < -0.3 is 10.4 Å². The smallest absolute Gasteiger partial charge is 0.223 e. The van der Waals surface area contributed by atoms with Crippen LogP contribution < -0.4 is 5.32 Å². The highest BCUT2D eigenvalue weighted by molar-refractivity contribution is 5.81. The van der Waals surface area contributed by atoms with E-state index in [9.17, 15) is 9.50 Å². The van der Waals surface area contributed by atoms with Crippen molar-refractivity contribution in [2.24, 2.45) is 0 Å². The van der Waals surface area contributed by atoms with Crippen molar-refractivity contribution in [2.45, 2.75) is 32.8 Å². The molecule has 3 heterocycles. The number of nitrogens with one attached hydrogen (secondary N) is 1. The third kappa shape index (κ3) is 3.99. The fourth-order valence-electron chi connectivity index (χ4n) is 3.20. The van der Waals surface area contributed by atoms with E-state index in [1.807, 2.05) is 17.5 Å². The number of hydrogen-bond donors (Lipinski definition) is 2. The molecule has 0 saturated heterocycles. The highest BCUT2D eigenvalue weighted by Gasteiger charge is 2.20. The summed E-state index contributed by atoms with van der Waals surface area (Å²) in [5.74, 6) is 0.0968. The van der Waals surface area contributed by atoms with Crippen LogP contribution in [0, 0.1) is 5.82 Å². The number of nitrogens with zero attached hydrogens (tertiary/aromatic N) is 5. The van der Waals surface area contributed by atoms with Gasteiger partial charge in [0.05, 0.1) is 28.4 Å². The summed E-state index contributed by atoms with van der Waals surface area (Å²) >= 11 is 0. The molecule has 0 amide bonds. The van der Waals surface area contributed by atoms with Crippen molar-refractivity contribution in [3.8, 4) is 22.6 Å². The summed E-state index contributed by atoms with van der Waals surface area (Å²) in [5.41, 5.74) is 3.58. The maximum atomic E-state index is 13.5. The van der Waals surface area contributed by atoms with Crippen molar-refractivity contribution < 1.29 is 9.50 Å². The summed E-state index contributed by atoms with van der Waals surface area (Å²) in [6.07, 6.45) is 5.96. The second-order valence-corrected chi connectivity index (χ2v) is 7.67. The van der Waals surface area contributed by atoms with Gasteiger partial charge in [-0.05, 0) is 50.6 Å². The molecular weight excluding hydrogens is 383 g/mol. The molecular formula is C22H23FN6O. The Morgan fingerprint density at radius 2 is 1.83 bits per heavy atom. The van der Waals surface area contributed by atoms with Crippen molar-refractivity contribution in [3.05, 3.63) is 60.4 Å². The minimum Gasteiger partial charge on any atom is -0.389 e. The molecule has 0 unspecified atom stereocenters. The van der Waals surface area contributed by atoms with Gasteiger partial charge in [-0.15, -0.1) is 0 Å². The highest BCUT2D eigenvalue weighted by Crippen LogP contribution is 2.32. The Morgan fingerprint density at radius 1 is 1.07 bits per heavy atom. The fraction of sp³-hybridized carbons (Fsp3) is 0.273. The van der Waals surface area contributed by atoms with Crippen LogP contribution in [0.4, 0.5) is 10.3 Å². The maximum absolute atomic E-state index is 13.5. The molecule has 2 N–H and O–H groups in total. The number of halogens is 1. The number of hydrogen-bond acceptors (Lipinski definition) is 6. The third-order valence-electron chi connectivity index (χ3n) is 4.65. The van der Waals surface area contributed by atoms with E-state index in [1.165, 1.54) is 12.1 Å². The number of rotatable bonds is 6. The summed E-state index contributed by atoms with van der Waals surface area (Å²) in [7, 11) is 0. The van der Waals surface area contributed by atoms with Crippen molar-refractivity contribution >= 4 is 11.6 Å². The summed E-state index contributed by atoms with van der Waals surface area (Å²) in [6, 6.07) is 8.04. The quantitative estimate of drug-likeness (QED) is 0.507. The zero-order chi connectivity index (χ0) is 21.3. The molecule has 8 heteroatoms. The fourth-order valence-corrected chi connectivity index (χ4v) is 3.20. The number of aliphatic hydroxyl groups is 1. The molecule has 0 aliphatic rings. The predicted octanol–water partition coefficient (Wildman–Crippen LogP) is 3.74. The van der Waals surface area contributed by atoms with E-state index in [-0.39, 0.29) is 5.82 Å². The first kappa shape index (κ1) is 19.9. The zero-order valence-electron chi connectivity index (χ0n) is 17.1. The minimum atomic E-state index is -0.899. The van der Waals surface area contributed by atoms with Gasteiger partial charge in [-0.1, -0.05) is 6.92 Å². The molecule has 0 atom stereocenters. The molecule has 0 aliphatic carbocycles. The first-order chi connectivity index (χ1) is 14.4. The number of anilines is 1. The van der Waals surface area contributed by atoms with Crippen molar-refractivity contribution in [3.63, 3.8) is 0 Å². The van der Waals surface area contributed by atoms with E-state index >= 15 is 0 Å². The Labute approximate surface area is 173 Å². The van der Waals surface area contributed by atoms with Gasteiger partial charge in [-0.3, -0.25) is 9.38 Å². The first-order valence-corrected chi connectivity index (χ1v) is 9.77. The standard InChI is InChI=1S/C22H23FN6O/c1-4-16-20-28-18(14-5-7-15(23)8-6-14)19(29(20)12-11-24-16)17-9-10-25-21(27-17)26-13-22(2,3)30/h5-12,30H,4,13H2,1-3H3,(H,25,26,27). The molecule has 1 aromatic carbocycles. The Morgan fingerprint density at radius 3 is 2.53 bits per heavy atom. The summed E-state index contributed by atoms with van der Waals surface area (Å²) in [6.45, 7) is 5.75. The second kappa shape index (κ2) is 7.79. The van der Waals surface area contributed by atoms with Gasteiger partial charge in [0.1, 0.15) is 5.82 Å². The predicted molar refractivity (Wildman–Crippen MR) is 114 cm³/mol. The van der Waals surface area contributed by atoms with Crippen LogP contribution in [0.1, 0.15) is 26.5 Å². The number of imidazole rings is 1. The number of aromatic nitrogens is 5. The highest BCUT2D eigenvalue weighted by atomic mass is 19.1. The van der Waals surface area contributed by atoms with Crippen LogP contribution in [0.2, 0.25) is 0 Å². The summed E-state index contributed by atoms with van der Waals surface area (Å²) in [5, 5.41) is 13.0. The van der Waals surface area contributed by atoms with Crippen LogP contribution in [0.3, 0.4) is 0 Å². The normalized spacial score (nSPS) is 11.8. The first-order valence-electron chi connectivity index (χ1n) is 9.77. The van der Waals surface area contributed by atoms with Crippen LogP contribution >= 0.6 is 0 Å². The lowest BCUT2D eigenvalue weighted by molar-refractivity contribution is 0.0943. The Balaban J connectivity index is 1.89. The van der Waals surface area contributed by atoms with Crippen LogP contribution in [0.25, 0.3) is 28.3 Å². The Kier molecular flexibility index (Phi) is 5.17. The van der Waals surface area contributed by atoms with E-state index in [1.54, 1.807) is 44.4 Å². The van der Waals surface area contributed by atoms with Gasteiger partial charge in [-0.25, -0.2) is 19.3 Å². The molecule has 7 nitrogen and oxygen atoms in total. The van der Waals surface area contributed by atoms with Gasteiger partial charge >= 0.3 is 0 Å². The largest absolute Gasteiger partial charge is 0.389 e. The number of fused-ring (bicyclic) bond motifs is 1. The van der Waals surface area contributed by atoms with Gasteiger partial charge in [0.25, 0.3) is 0 Å². The molecule has 0 spiro atoms. The molecule has 3 aromatic heterocycles. The molecule has 154 valence electrons. The Hall–Kier alpha value is -3.39. The third-order valence-corrected chi connectivity index (χ3v) is 4.65. The van der Waals surface area contributed by atoms with E-state index in [4.69, 9.17) is 4.98 Å².